The lowest BCUT2D eigenvalue weighted by Crippen LogP contribution is -2.43. The van der Waals surface area contributed by atoms with Gasteiger partial charge in [0.15, 0.2) is 17.5 Å². The molecule has 5 aromatic rings. The highest BCUT2D eigenvalue weighted by atomic mass is 19.2. The summed E-state index contributed by atoms with van der Waals surface area (Å²) < 4.78 is 73.5. The third kappa shape index (κ3) is 4.80. The average molecular weight is 662 g/mol. The number of fused-ring (bicyclic) bond motifs is 2. The van der Waals surface area contributed by atoms with Gasteiger partial charge in [-0.25, -0.2) is 27.5 Å². The molecule has 6 heterocycles. The molecule has 14 heteroatoms. The molecule has 1 unspecified atom stereocenters. The third-order valence-electron chi connectivity index (χ3n) is 9.82. The van der Waals surface area contributed by atoms with Crippen LogP contribution in [0.4, 0.5) is 29.2 Å². The normalized spacial score (nSPS) is 21.4. The standard InChI is InChI=1S/C34H31F4N7O3/c1-17(21-4-2-8-40-30(21)39)45-10-11-47-32-25-29(42-33(43-31(25)45)48-16-34-7-3-9-44(34)15-19(35)14-34)27(38)28(41-32)22-13-20(46)12-18-5-6-23(36)26(37)24(18)22/h2,4-6,8,12-13,17,19,46H,3,7,9-11,14-16H2,1H3,(H2,39,40)/t17?,19-,34+/m1/s1. The van der Waals surface area contributed by atoms with Crippen LogP contribution >= 0.6 is 0 Å². The molecule has 0 spiro atoms. The molecule has 48 heavy (non-hydrogen) atoms. The molecule has 10 nitrogen and oxygen atoms in total. The van der Waals surface area contributed by atoms with Crippen LogP contribution in [0, 0.1) is 17.5 Å². The van der Waals surface area contributed by atoms with Gasteiger partial charge in [0.2, 0.25) is 5.88 Å². The Morgan fingerprint density at radius 3 is 2.79 bits per heavy atom. The van der Waals surface area contributed by atoms with Gasteiger partial charge in [0.1, 0.15) is 53.4 Å². The number of halogens is 4. The number of aromatic nitrogens is 4. The number of nitrogens with zero attached hydrogens (tertiary/aromatic N) is 6. The third-order valence-corrected chi connectivity index (χ3v) is 9.82. The monoisotopic (exact) mass is 661 g/mol. The van der Waals surface area contributed by atoms with Crippen LogP contribution < -0.4 is 20.1 Å². The molecule has 3 aliphatic rings. The van der Waals surface area contributed by atoms with Gasteiger partial charge in [-0.1, -0.05) is 12.1 Å². The van der Waals surface area contributed by atoms with Crippen molar-refractivity contribution in [2.75, 3.05) is 43.5 Å². The maximum absolute atomic E-state index is 16.9. The molecule has 3 N–H and O–H groups in total. The number of aromatic hydroxyl groups is 1. The van der Waals surface area contributed by atoms with E-state index < -0.39 is 40.9 Å². The Kier molecular flexibility index (Phi) is 7.16. The number of hydrogen-bond acceptors (Lipinski definition) is 10. The van der Waals surface area contributed by atoms with Gasteiger partial charge < -0.3 is 25.2 Å². The molecule has 3 aliphatic heterocycles. The van der Waals surface area contributed by atoms with Crippen molar-refractivity contribution in [3.63, 3.8) is 0 Å². The second-order valence-electron chi connectivity index (χ2n) is 12.6. The first kappa shape index (κ1) is 30.4. The fourth-order valence-electron chi connectivity index (χ4n) is 7.55. The number of ether oxygens (including phenoxy) is 2. The molecule has 3 atom stereocenters. The average Bonchev–Trinajstić information content (AvgIpc) is 3.52. The second-order valence-corrected chi connectivity index (χ2v) is 12.6. The summed E-state index contributed by atoms with van der Waals surface area (Å²) in [5.74, 6) is -3.13. The van der Waals surface area contributed by atoms with Gasteiger partial charge in [-0.2, -0.15) is 9.97 Å². The Morgan fingerprint density at radius 1 is 1.10 bits per heavy atom. The molecule has 3 aromatic heterocycles. The Morgan fingerprint density at radius 2 is 1.96 bits per heavy atom. The highest BCUT2D eigenvalue weighted by Crippen LogP contribution is 2.45. The van der Waals surface area contributed by atoms with Crippen molar-refractivity contribution in [3.8, 4) is 28.9 Å². The minimum atomic E-state index is -1.22. The van der Waals surface area contributed by atoms with Crippen LogP contribution in [0.25, 0.3) is 32.9 Å². The van der Waals surface area contributed by atoms with E-state index >= 15 is 8.78 Å². The van der Waals surface area contributed by atoms with Gasteiger partial charge in [0.25, 0.3) is 0 Å². The maximum atomic E-state index is 16.9. The summed E-state index contributed by atoms with van der Waals surface area (Å²) in [7, 11) is 0. The van der Waals surface area contributed by atoms with E-state index in [0.29, 0.717) is 24.3 Å². The molecule has 248 valence electrons. The van der Waals surface area contributed by atoms with E-state index in [4.69, 9.17) is 20.2 Å². The molecule has 8 rings (SSSR count). The number of pyridine rings is 2. The van der Waals surface area contributed by atoms with Gasteiger partial charge in [0, 0.05) is 35.7 Å². The molecule has 0 saturated carbocycles. The summed E-state index contributed by atoms with van der Waals surface area (Å²) in [5.41, 5.74) is 5.58. The smallest absolute Gasteiger partial charge is 0.319 e. The second kappa shape index (κ2) is 11.3. The van der Waals surface area contributed by atoms with Crippen molar-refractivity contribution >= 4 is 33.3 Å². The van der Waals surface area contributed by atoms with Crippen molar-refractivity contribution in [1.29, 1.82) is 0 Å². The van der Waals surface area contributed by atoms with Crippen LogP contribution in [-0.4, -0.2) is 74.5 Å². The minimum Gasteiger partial charge on any atom is -0.508 e. The fourth-order valence-corrected chi connectivity index (χ4v) is 7.55. The molecule has 0 amide bonds. The van der Waals surface area contributed by atoms with Crippen molar-refractivity contribution in [3.05, 3.63) is 65.6 Å². The maximum Gasteiger partial charge on any atom is 0.319 e. The minimum absolute atomic E-state index is 0.0401. The quantitative estimate of drug-likeness (QED) is 0.214. The number of rotatable bonds is 6. The SMILES string of the molecule is CC(c1cccnc1N)N1CCOc2nc(-c3cc(O)cc4ccc(F)c(F)c34)c(F)c3nc(OC[C@@]45CCCN4C[C@H](F)C5)nc1c23. The molecule has 0 aliphatic carbocycles. The lowest BCUT2D eigenvalue weighted by atomic mass is 9.95. The number of alkyl halides is 1. The largest absolute Gasteiger partial charge is 0.508 e. The summed E-state index contributed by atoms with van der Waals surface area (Å²) in [6, 6.07) is 7.60. The molecule has 2 aromatic carbocycles. The molecular formula is C34H31F4N7O3. The lowest BCUT2D eigenvalue weighted by Gasteiger charge is -2.32. The zero-order valence-corrected chi connectivity index (χ0v) is 25.9. The first-order chi connectivity index (χ1) is 23.1. The number of phenols is 1. The topological polar surface area (TPSA) is 123 Å². The van der Waals surface area contributed by atoms with Crippen LogP contribution in [0.2, 0.25) is 0 Å². The number of benzene rings is 2. The zero-order valence-electron chi connectivity index (χ0n) is 25.9. The molecule has 0 bridgehead atoms. The van der Waals surface area contributed by atoms with E-state index in [2.05, 4.69) is 19.9 Å². The van der Waals surface area contributed by atoms with Crippen molar-refractivity contribution in [2.45, 2.75) is 43.9 Å². The highest BCUT2D eigenvalue weighted by molar-refractivity contribution is 6.02. The van der Waals surface area contributed by atoms with E-state index in [1.807, 2.05) is 17.9 Å². The number of phenolic OH excluding ortho intramolecular Hbond substituents is 1. The van der Waals surface area contributed by atoms with Crippen molar-refractivity contribution < 1.29 is 32.1 Å². The van der Waals surface area contributed by atoms with E-state index in [1.54, 1.807) is 12.3 Å². The Balaban J connectivity index is 1.33. The summed E-state index contributed by atoms with van der Waals surface area (Å²) >= 11 is 0. The number of nitrogen functional groups attached to an aromatic ring is 1. The Labute approximate surface area is 272 Å². The van der Waals surface area contributed by atoms with Gasteiger partial charge in [-0.15, -0.1) is 0 Å². The van der Waals surface area contributed by atoms with Gasteiger partial charge in [-0.3, -0.25) is 4.90 Å². The van der Waals surface area contributed by atoms with Gasteiger partial charge in [-0.05, 0) is 56.0 Å². The number of nitrogens with two attached hydrogens (primary N) is 1. The van der Waals surface area contributed by atoms with E-state index in [1.165, 1.54) is 12.1 Å². The first-order valence-corrected chi connectivity index (χ1v) is 15.8. The Hall–Kier alpha value is -4.98. The van der Waals surface area contributed by atoms with Crippen LogP contribution in [0.15, 0.2) is 42.6 Å². The van der Waals surface area contributed by atoms with E-state index in [-0.39, 0.29) is 70.5 Å². The van der Waals surface area contributed by atoms with Gasteiger partial charge in [0.05, 0.1) is 18.1 Å². The summed E-state index contributed by atoms with van der Waals surface area (Å²) in [4.78, 5) is 21.9. The highest BCUT2D eigenvalue weighted by Gasteiger charge is 2.49. The summed E-state index contributed by atoms with van der Waals surface area (Å²) in [6.45, 7) is 3.42. The molecule has 0 radical (unpaired) electrons. The zero-order chi connectivity index (χ0) is 33.3. The van der Waals surface area contributed by atoms with E-state index in [0.717, 1.165) is 31.5 Å². The van der Waals surface area contributed by atoms with Crippen LogP contribution in [0.3, 0.4) is 0 Å². The number of hydrogen-bond donors (Lipinski definition) is 2. The van der Waals surface area contributed by atoms with E-state index in [9.17, 15) is 13.9 Å². The van der Waals surface area contributed by atoms with Crippen LogP contribution in [-0.2, 0) is 0 Å². The van der Waals surface area contributed by atoms with Crippen LogP contribution in [0.1, 0.15) is 37.8 Å². The molecule has 2 fully saturated rings. The number of anilines is 2. The fraction of sp³-hybridized carbons (Fsp3) is 0.353. The first-order valence-electron chi connectivity index (χ1n) is 15.8. The lowest BCUT2D eigenvalue weighted by molar-refractivity contribution is 0.107. The molecule has 2 saturated heterocycles. The van der Waals surface area contributed by atoms with Gasteiger partial charge >= 0.3 is 6.01 Å². The van der Waals surface area contributed by atoms with Crippen molar-refractivity contribution in [1.82, 2.24) is 24.8 Å². The molecular weight excluding hydrogens is 630 g/mol. The van der Waals surface area contributed by atoms with Crippen molar-refractivity contribution in [2.24, 2.45) is 0 Å². The Bertz CT molecular complexity index is 2100. The predicted octanol–water partition coefficient (Wildman–Crippen LogP) is 5.86. The predicted molar refractivity (Wildman–Crippen MR) is 170 cm³/mol. The summed E-state index contributed by atoms with van der Waals surface area (Å²) in [5, 5.41) is 10.5. The van der Waals surface area contributed by atoms with Crippen LogP contribution in [0.5, 0.6) is 17.6 Å². The summed E-state index contributed by atoms with van der Waals surface area (Å²) in [6.07, 6.45) is 2.55.